The molecule has 0 bridgehead atoms. The van der Waals surface area contributed by atoms with Gasteiger partial charge in [-0.05, 0) is 42.7 Å². The smallest absolute Gasteiger partial charge is 0.490 e. The van der Waals surface area contributed by atoms with Crippen LogP contribution in [0.25, 0.3) is 22.0 Å². The van der Waals surface area contributed by atoms with Crippen LogP contribution in [0.1, 0.15) is 40.4 Å². The van der Waals surface area contributed by atoms with Crippen molar-refractivity contribution in [3.63, 3.8) is 0 Å². The fourth-order valence-corrected chi connectivity index (χ4v) is 4.25. The summed E-state index contributed by atoms with van der Waals surface area (Å²) in [4.78, 5) is 41.2. The molecule has 2 heterocycles. The second-order valence-corrected chi connectivity index (χ2v) is 9.32. The summed E-state index contributed by atoms with van der Waals surface area (Å²) >= 11 is 0. The number of nitrogens with two attached hydrogens (primary N) is 2. The summed E-state index contributed by atoms with van der Waals surface area (Å²) in [5.41, 5.74) is 13.1. The summed E-state index contributed by atoms with van der Waals surface area (Å²) in [6.45, 7) is 0. The van der Waals surface area contributed by atoms with Gasteiger partial charge < -0.3 is 31.0 Å². The summed E-state index contributed by atoms with van der Waals surface area (Å²) in [6.07, 6.45) is -0.0925. The lowest BCUT2D eigenvalue weighted by molar-refractivity contribution is -0.192. The molecule has 220 valence electrons. The summed E-state index contributed by atoms with van der Waals surface area (Å²) in [5.74, 6) is -3.98. The monoisotopic (exact) mass is 589 g/mol. The van der Waals surface area contributed by atoms with Gasteiger partial charge in [0.1, 0.15) is 22.9 Å². The molecule has 0 radical (unpaired) electrons. The lowest BCUT2D eigenvalue weighted by Gasteiger charge is -2.16. The molecular weight excluding hydrogens is 566 g/mol. The maximum absolute atomic E-state index is 15.4. The van der Waals surface area contributed by atoms with Crippen LogP contribution in [0.3, 0.4) is 0 Å². The van der Waals surface area contributed by atoms with Gasteiger partial charge in [-0.3, -0.25) is 4.79 Å². The molecule has 0 spiro atoms. The molecule has 1 aliphatic rings. The maximum Gasteiger partial charge on any atom is 0.490 e. The molecule has 0 amide bonds. The molecule has 0 unspecified atom stereocenters. The van der Waals surface area contributed by atoms with Crippen molar-refractivity contribution >= 4 is 34.6 Å². The minimum atomic E-state index is -5.08. The number of rotatable bonds is 6. The second kappa shape index (κ2) is 11.3. The predicted molar refractivity (Wildman–Crippen MR) is 143 cm³/mol. The number of alkyl halides is 3. The fraction of sp³-hybridized carbons (Fsp3) is 0.222. The van der Waals surface area contributed by atoms with E-state index < -0.39 is 29.4 Å². The zero-order valence-electron chi connectivity index (χ0n) is 21.8. The number of benzene rings is 2. The number of carboxylic acid groups (broad SMARTS) is 2. The molecule has 42 heavy (non-hydrogen) atoms. The molecule has 6 N–H and O–H groups in total. The highest BCUT2D eigenvalue weighted by Crippen LogP contribution is 2.40. The number of carboxylic acids is 2. The first-order valence-corrected chi connectivity index (χ1v) is 12.2. The number of carbonyl (C=O) groups is 2. The van der Waals surface area contributed by atoms with Crippen molar-refractivity contribution in [1.82, 2.24) is 14.5 Å². The van der Waals surface area contributed by atoms with Crippen molar-refractivity contribution in [3.05, 3.63) is 75.5 Å². The molecule has 0 saturated heterocycles. The van der Waals surface area contributed by atoms with Crippen LogP contribution in [0, 0.1) is 5.82 Å². The number of fused-ring (bicyclic) bond motifs is 1. The highest BCUT2D eigenvalue weighted by Gasteiger charge is 2.38. The largest absolute Gasteiger partial charge is 0.496 e. The summed E-state index contributed by atoms with van der Waals surface area (Å²) in [5, 5.41) is 16.6. The molecule has 2 aromatic carbocycles. The van der Waals surface area contributed by atoms with Gasteiger partial charge in [0.2, 0.25) is 11.4 Å². The lowest BCUT2D eigenvalue weighted by Crippen LogP contribution is -2.21. The molecule has 11 nitrogen and oxygen atoms in total. The molecule has 15 heteroatoms. The van der Waals surface area contributed by atoms with Crippen LogP contribution in [0.15, 0.2) is 47.5 Å². The fourth-order valence-electron chi connectivity index (χ4n) is 4.25. The van der Waals surface area contributed by atoms with Gasteiger partial charge in [-0.25, -0.2) is 19.0 Å². The van der Waals surface area contributed by atoms with E-state index in [1.165, 1.54) is 13.3 Å². The lowest BCUT2D eigenvalue weighted by atomic mass is 9.97. The van der Waals surface area contributed by atoms with E-state index in [1.807, 2.05) is 6.07 Å². The Hall–Kier alpha value is -5.21. The standard InChI is InChI=1S/C25H22FN5O4.C2HF3O2/c1-35-21-5-2-12(6-13-10-29-25(28)30-23(13)27)7-16(21)15-9-20-17(8-19(15)26)22(32)18(24(33)34)11-31(20)14-3-4-14;3-2(4,5)1(6)7/h2,5,7-11,14H,3-4,6H2,1H3,(H,33,34)(H4,27,28,29,30);(H,6,7). The number of ether oxygens (including phenoxy) is 1. The molecule has 2 aromatic heterocycles. The molecule has 0 aliphatic heterocycles. The van der Waals surface area contributed by atoms with Crippen LogP contribution < -0.4 is 21.6 Å². The van der Waals surface area contributed by atoms with Gasteiger partial charge in [0.25, 0.3) is 0 Å². The number of hydrogen-bond acceptors (Lipinski definition) is 8. The van der Waals surface area contributed by atoms with Crippen molar-refractivity contribution in [2.75, 3.05) is 18.6 Å². The van der Waals surface area contributed by atoms with Crippen LogP contribution in [0.4, 0.5) is 29.3 Å². The SMILES string of the molecule is COc1ccc(Cc2cnc(N)nc2N)cc1-c1cc2c(cc1F)c(=O)c(C(=O)O)cn2C1CC1.O=C(O)C(F)(F)F. The summed E-state index contributed by atoms with van der Waals surface area (Å²) < 4.78 is 54.4. The number of nitrogen functional groups attached to an aromatic ring is 2. The Morgan fingerprint density at radius 2 is 1.79 bits per heavy atom. The first-order chi connectivity index (χ1) is 19.7. The van der Waals surface area contributed by atoms with E-state index in [9.17, 15) is 27.9 Å². The number of hydrogen-bond donors (Lipinski definition) is 4. The van der Waals surface area contributed by atoms with Crippen LogP contribution in [-0.2, 0) is 11.2 Å². The van der Waals surface area contributed by atoms with E-state index in [0.717, 1.165) is 24.5 Å². The molecule has 5 rings (SSSR count). The van der Waals surface area contributed by atoms with Crippen LogP contribution in [0.5, 0.6) is 5.75 Å². The van der Waals surface area contributed by atoms with Gasteiger partial charge >= 0.3 is 18.1 Å². The molecular formula is C27H23F4N5O6. The van der Waals surface area contributed by atoms with E-state index >= 15 is 4.39 Å². The van der Waals surface area contributed by atoms with Gasteiger partial charge in [-0.15, -0.1) is 0 Å². The van der Waals surface area contributed by atoms with Gasteiger partial charge in [0.15, 0.2) is 0 Å². The number of anilines is 2. The van der Waals surface area contributed by atoms with Crippen molar-refractivity contribution in [2.45, 2.75) is 31.5 Å². The minimum Gasteiger partial charge on any atom is -0.496 e. The third kappa shape index (κ3) is 6.24. The van der Waals surface area contributed by atoms with E-state index in [-0.39, 0.29) is 34.3 Å². The van der Waals surface area contributed by atoms with Crippen LogP contribution in [0.2, 0.25) is 0 Å². The van der Waals surface area contributed by atoms with Crippen molar-refractivity contribution in [2.24, 2.45) is 0 Å². The Morgan fingerprint density at radius 3 is 2.33 bits per heavy atom. The minimum absolute atomic E-state index is 0.0277. The maximum atomic E-state index is 15.4. The molecule has 1 saturated carbocycles. The Kier molecular flexibility index (Phi) is 8.04. The van der Waals surface area contributed by atoms with Gasteiger partial charge in [-0.1, -0.05) is 6.07 Å². The number of halogens is 4. The summed E-state index contributed by atoms with van der Waals surface area (Å²) in [7, 11) is 1.49. The van der Waals surface area contributed by atoms with E-state index in [4.69, 9.17) is 26.1 Å². The van der Waals surface area contributed by atoms with Crippen LogP contribution in [-0.4, -0.2) is 50.0 Å². The Bertz CT molecular complexity index is 1770. The van der Waals surface area contributed by atoms with Crippen molar-refractivity contribution < 1.29 is 42.1 Å². The van der Waals surface area contributed by atoms with Crippen LogP contribution >= 0.6 is 0 Å². The normalized spacial score (nSPS) is 12.9. The Balaban J connectivity index is 0.000000517. The van der Waals surface area contributed by atoms with Gasteiger partial charge in [0.05, 0.1) is 12.6 Å². The summed E-state index contributed by atoms with van der Waals surface area (Å²) in [6, 6.07) is 8.09. The number of aliphatic carboxylic acids is 1. The zero-order valence-corrected chi connectivity index (χ0v) is 21.8. The Morgan fingerprint density at radius 1 is 1.12 bits per heavy atom. The molecule has 0 atom stereocenters. The number of aromatic carboxylic acids is 1. The second-order valence-electron chi connectivity index (χ2n) is 9.32. The highest BCUT2D eigenvalue weighted by molar-refractivity contribution is 5.94. The molecule has 1 aliphatic carbocycles. The topological polar surface area (TPSA) is 184 Å². The van der Waals surface area contributed by atoms with Crippen molar-refractivity contribution in [3.8, 4) is 16.9 Å². The van der Waals surface area contributed by atoms with E-state index in [1.54, 1.807) is 29.0 Å². The first-order valence-electron chi connectivity index (χ1n) is 12.2. The average molecular weight is 590 g/mol. The van der Waals surface area contributed by atoms with E-state index in [2.05, 4.69) is 9.97 Å². The number of aromatic nitrogens is 3. The van der Waals surface area contributed by atoms with E-state index in [0.29, 0.717) is 28.8 Å². The number of nitrogens with zero attached hydrogens (tertiary/aromatic N) is 3. The number of methoxy groups -OCH3 is 1. The Labute approximate surface area is 234 Å². The molecule has 4 aromatic rings. The third-order valence-electron chi connectivity index (χ3n) is 6.40. The predicted octanol–water partition coefficient (Wildman–Crippen LogP) is 4.03. The highest BCUT2D eigenvalue weighted by atomic mass is 19.4. The zero-order chi connectivity index (χ0) is 30.9. The molecule has 1 fully saturated rings. The third-order valence-corrected chi connectivity index (χ3v) is 6.40. The van der Waals surface area contributed by atoms with Gasteiger partial charge in [0, 0.05) is 46.9 Å². The van der Waals surface area contributed by atoms with Gasteiger partial charge in [-0.2, -0.15) is 18.2 Å². The van der Waals surface area contributed by atoms with Crippen molar-refractivity contribution in [1.29, 1.82) is 0 Å². The first kappa shape index (κ1) is 29.8. The quantitative estimate of drug-likeness (QED) is 0.240. The number of pyridine rings is 1. The average Bonchev–Trinajstić information content (AvgIpc) is 3.75.